The first-order valence-corrected chi connectivity index (χ1v) is 6.58. The minimum atomic E-state index is -0.683. The summed E-state index contributed by atoms with van der Waals surface area (Å²) in [6.07, 6.45) is 1.77. The van der Waals surface area contributed by atoms with Gasteiger partial charge in [0, 0.05) is 11.6 Å². The van der Waals surface area contributed by atoms with Gasteiger partial charge in [0.2, 0.25) is 0 Å². The molecule has 6 heteroatoms. The largest absolute Gasteiger partial charge is 0.467 e. The van der Waals surface area contributed by atoms with Gasteiger partial charge in [0.25, 0.3) is 5.91 Å². The Morgan fingerprint density at radius 1 is 1.38 bits per heavy atom. The highest BCUT2D eigenvalue weighted by Crippen LogP contribution is 2.21. The van der Waals surface area contributed by atoms with Gasteiger partial charge in [-0.05, 0) is 18.6 Å². The van der Waals surface area contributed by atoms with Gasteiger partial charge in [-0.15, -0.1) is 0 Å². The molecule has 3 N–H and O–H groups in total. The third-order valence-corrected chi connectivity index (χ3v) is 3.17. The zero-order valence-electron chi connectivity index (χ0n) is 11.5. The second kappa shape index (κ2) is 6.49. The average Bonchev–Trinajstić information content (AvgIpc) is 2.94. The molecule has 1 heterocycles. The molecule has 2 rings (SSSR count). The highest BCUT2D eigenvalue weighted by molar-refractivity contribution is 5.94. The summed E-state index contributed by atoms with van der Waals surface area (Å²) in [4.78, 5) is 12.1. The summed E-state index contributed by atoms with van der Waals surface area (Å²) in [6.45, 7) is 1.99. The van der Waals surface area contributed by atoms with E-state index in [4.69, 9.17) is 10.2 Å². The summed E-state index contributed by atoms with van der Waals surface area (Å²) in [5, 5.41) is 2.69. The van der Waals surface area contributed by atoms with Crippen LogP contribution in [0, 0.1) is 11.6 Å². The molecule has 0 aliphatic rings. The van der Waals surface area contributed by atoms with E-state index in [1.165, 1.54) is 18.4 Å². The molecule has 1 unspecified atom stereocenters. The van der Waals surface area contributed by atoms with E-state index in [0.717, 1.165) is 12.1 Å². The van der Waals surface area contributed by atoms with Crippen LogP contribution in [0.4, 0.5) is 8.78 Å². The summed E-state index contributed by atoms with van der Waals surface area (Å²) in [5.74, 6) is -1.24. The molecule has 4 nitrogen and oxygen atoms in total. The molecule has 0 aliphatic heterocycles. The molecule has 21 heavy (non-hydrogen) atoms. The maximum Gasteiger partial charge on any atom is 0.255 e. The first-order valence-electron chi connectivity index (χ1n) is 6.58. The molecule has 0 aliphatic carbocycles. The molecule has 1 aromatic carbocycles. The highest BCUT2D eigenvalue weighted by atomic mass is 19.1. The number of carbonyl (C=O) groups excluding carboxylic acids is 1. The first kappa shape index (κ1) is 15.2. The number of nitrogens with one attached hydrogen (secondary N) is 1. The van der Waals surface area contributed by atoms with Crippen molar-refractivity contribution in [3.05, 3.63) is 59.1 Å². The zero-order chi connectivity index (χ0) is 15.4. The van der Waals surface area contributed by atoms with Crippen molar-refractivity contribution in [3.8, 4) is 0 Å². The molecule has 0 radical (unpaired) electrons. The molecular formula is C15H16F2N2O2. The Kier molecular flexibility index (Phi) is 4.70. The predicted molar refractivity (Wildman–Crippen MR) is 73.5 cm³/mol. The van der Waals surface area contributed by atoms with Crippen LogP contribution in [0.2, 0.25) is 0 Å². The smallest absolute Gasteiger partial charge is 0.255 e. The van der Waals surface area contributed by atoms with Crippen LogP contribution in [0.15, 0.2) is 34.9 Å². The second-order valence-electron chi connectivity index (χ2n) is 4.61. The van der Waals surface area contributed by atoms with Crippen LogP contribution in [0.3, 0.4) is 0 Å². The monoisotopic (exact) mass is 294 g/mol. The summed E-state index contributed by atoms with van der Waals surface area (Å²) < 4.78 is 31.8. The molecule has 0 saturated carbocycles. The SMILES string of the molecule is CCC(NC(=O)c1coc(CN)c1)c1ccc(F)cc1F. The van der Waals surface area contributed by atoms with E-state index in [-0.39, 0.29) is 12.1 Å². The summed E-state index contributed by atoms with van der Waals surface area (Å²) >= 11 is 0. The Morgan fingerprint density at radius 3 is 2.71 bits per heavy atom. The maximum absolute atomic E-state index is 13.8. The Hall–Kier alpha value is -2.21. The first-order chi connectivity index (χ1) is 10.0. The van der Waals surface area contributed by atoms with E-state index in [1.54, 1.807) is 6.92 Å². The van der Waals surface area contributed by atoms with Crippen molar-refractivity contribution < 1.29 is 18.0 Å². The molecule has 1 aromatic heterocycles. The van der Waals surface area contributed by atoms with Gasteiger partial charge in [-0.3, -0.25) is 4.79 Å². The van der Waals surface area contributed by atoms with Crippen molar-refractivity contribution in [2.75, 3.05) is 0 Å². The summed E-state index contributed by atoms with van der Waals surface area (Å²) in [5.41, 5.74) is 5.97. The van der Waals surface area contributed by atoms with Crippen LogP contribution < -0.4 is 11.1 Å². The van der Waals surface area contributed by atoms with Gasteiger partial charge < -0.3 is 15.5 Å². The fourth-order valence-electron chi connectivity index (χ4n) is 2.03. The third kappa shape index (κ3) is 3.46. The van der Waals surface area contributed by atoms with Crippen LogP contribution >= 0.6 is 0 Å². The van der Waals surface area contributed by atoms with E-state index in [9.17, 15) is 13.6 Å². The third-order valence-electron chi connectivity index (χ3n) is 3.17. The topological polar surface area (TPSA) is 68.3 Å². The lowest BCUT2D eigenvalue weighted by Crippen LogP contribution is -2.28. The number of amides is 1. The molecule has 0 saturated heterocycles. The van der Waals surface area contributed by atoms with E-state index in [1.807, 2.05) is 0 Å². The van der Waals surface area contributed by atoms with E-state index in [2.05, 4.69) is 5.32 Å². The highest BCUT2D eigenvalue weighted by Gasteiger charge is 2.19. The number of hydrogen-bond acceptors (Lipinski definition) is 3. The Balaban J connectivity index is 2.16. The Bertz CT molecular complexity index is 640. The average molecular weight is 294 g/mol. The van der Waals surface area contributed by atoms with Gasteiger partial charge in [-0.2, -0.15) is 0 Å². The standard InChI is InChI=1S/C15H16F2N2O2/c1-2-14(12-4-3-10(16)6-13(12)17)19-15(20)9-5-11(7-18)21-8-9/h3-6,8,14H,2,7,18H2,1H3,(H,19,20). The fraction of sp³-hybridized carbons (Fsp3) is 0.267. The van der Waals surface area contributed by atoms with Gasteiger partial charge in [0.15, 0.2) is 0 Å². The molecule has 0 fully saturated rings. The van der Waals surface area contributed by atoms with E-state index >= 15 is 0 Å². The molecule has 112 valence electrons. The molecule has 1 atom stereocenters. The predicted octanol–water partition coefficient (Wildman–Crippen LogP) is 2.90. The quantitative estimate of drug-likeness (QED) is 0.891. The zero-order valence-corrected chi connectivity index (χ0v) is 11.5. The van der Waals surface area contributed by atoms with Crippen LogP contribution in [0.5, 0.6) is 0 Å². The maximum atomic E-state index is 13.8. The number of halogens is 2. The normalized spacial score (nSPS) is 12.2. The van der Waals surface area contributed by atoms with Crippen LogP contribution in [-0.2, 0) is 6.54 Å². The number of benzene rings is 1. The van der Waals surface area contributed by atoms with Crippen molar-refractivity contribution in [1.29, 1.82) is 0 Å². The molecule has 1 amide bonds. The van der Waals surface area contributed by atoms with Crippen LogP contribution in [-0.4, -0.2) is 5.91 Å². The van der Waals surface area contributed by atoms with Crippen molar-refractivity contribution in [3.63, 3.8) is 0 Å². The number of furan rings is 1. The van der Waals surface area contributed by atoms with Crippen molar-refractivity contribution >= 4 is 5.91 Å². The Morgan fingerprint density at radius 2 is 2.14 bits per heavy atom. The number of carbonyl (C=O) groups is 1. The van der Waals surface area contributed by atoms with E-state index < -0.39 is 23.6 Å². The Labute approximate surface area is 120 Å². The molecule has 2 aromatic rings. The van der Waals surface area contributed by atoms with E-state index in [0.29, 0.717) is 17.7 Å². The van der Waals surface area contributed by atoms with Gasteiger partial charge in [0.05, 0.1) is 18.2 Å². The van der Waals surface area contributed by atoms with Crippen LogP contribution in [0.25, 0.3) is 0 Å². The van der Waals surface area contributed by atoms with Gasteiger partial charge in [-0.25, -0.2) is 8.78 Å². The number of rotatable bonds is 5. The number of nitrogens with two attached hydrogens (primary N) is 1. The minimum absolute atomic E-state index is 0.192. The lowest BCUT2D eigenvalue weighted by Gasteiger charge is -2.17. The van der Waals surface area contributed by atoms with Gasteiger partial charge in [0.1, 0.15) is 23.7 Å². The minimum Gasteiger partial charge on any atom is -0.467 e. The fourth-order valence-corrected chi connectivity index (χ4v) is 2.03. The van der Waals surface area contributed by atoms with Gasteiger partial charge in [-0.1, -0.05) is 13.0 Å². The molecular weight excluding hydrogens is 278 g/mol. The van der Waals surface area contributed by atoms with Crippen molar-refractivity contribution in [1.82, 2.24) is 5.32 Å². The van der Waals surface area contributed by atoms with Gasteiger partial charge >= 0.3 is 0 Å². The summed E-state index contributed by atoms with van der Waals surface area (Å²) in [7, 11) is 0. The lowest BCUT2D eigenvalue weighted by atomic mass is 10.0. The lowest BCUT2D eigenvalue weighted by molar-refractivity contribution is 0.0934. The summed E-state index contributed by atoms with van der Waals surface area (Å²) in [6, 6.07) is 4.28. The van der Waals surface area contributed by atoms with Crippen molar-refractivity contribution in [2.45, 2.75) is 25.9 Å². The number of hydrogen-bond donors (Lipinski definition) is 2. The molecule has 0 spiro atoms. The van der Waals surface area contributed by atoms with Crippen molar-refractivity contribution in [2.24, 2.45) is 5.73 Å². The molecule has 0 bridgehead atoms. The van der Waals surface area contributed by atoms with Crippen LogP contribution in [0.1, 0.15) is 41.1 Å². The second-order valence-corrected chi connectivity index (χ2v) is 4.61.